The molecule has 0 saturated heterocycles. The van der Waals surface area contributed by atoms with Crippen LogP contribution in [0.1, 0.15) is 0 Å². The summed E-state index contributed by atoms with van der Waals surface area (Å²) in [6.45, 7) is 0. The molecule has 23 heavy (non-hydrogen) atoms. The highest BCUT2D eigenvalue weighted by atomic mass is 32.2. The highest BCUT2D eigenvalue weighted by molar-refractivity contribution is 7.89. The maximum Gasteiger partial charge on any atom is 0.238 e. The first-order valence-electron chi connectivity index (χ1n) is 6.94. The lowest BCUT2D eigenvalue weighted by molar-refractivity contribution is 0.598. The zero-order valence-electron chi connectivity index (χ0n) is 12.4. The van der Waals surface area contributed by atoms with Gasteiger partial charge >= 0.3 is 0 Å². The summed E-state index contributed by atoms with van der Waals surface area (Å²) in [7, 11) is -1.65. The summed E-state index contributed by atoms with van der Waals surface area (Å²) in [4.78, 5) is 0.0770. The zero-order chi connectivity index (χ0) is 16.4. The maximum atomic E-state index is 11.2. The number of rotatable bonds is 4. The number of benzene rings is 2. The van der Waals surface area contributed by atoms with Gasteiger partial charge < -0.3 is 5.32 Å². The van der Waals surface area contributed by atoms with Gasteiger partial charge in [0, 0.05) is 17.3 Å². The van der Waals surface area contributed by atoms with Crippen LogP contribution in [0, 0.1) is 0 Å². The van der Waals surface area contributed by atoms with Crippen molar-refractivity contribution in [1.82, 2.24) is 10.2 Å². The van der Waals surface area contributed by atoms with Crippen LogP contribution in [-0.4, -0.2) is 26.5 Å². The molecule has 116 valence electrons. The molecule has 3 aromatic rings. The van der Waals surface area contributed by atoms with Crippen LogP contribution >= 0.6 is 0 Å². The van der Waals surface area contributed by atoms with Crippen LogP contribution < -0.4 is 15.9 Å². The van der Waals surface area contributed by atoms with Crippen molar-refractivity contribution in [2.24, 2.45) is 5.14 Å². The molecule has 0 fully saturated rings. The lowest BCUT2D eigenvalue weighted by Crippen LogP contribution is -2.11. The van der Waals surface area contributed by atoms with Crippen LogP contribution in [0.4, 0.5) is 11.5 Å². The molecule has 0 spiro atoms. The predicted octanol–water partition coefficient (Wildman–Crippen LogP) is 0.726. The van der Waals surface area contributed by atoms with Crippen LogP contribution in [0.3, 0.4) is 0 Å². The first-order chi connectivity index (χ1) is 10.9. The Hall–Kier alpha value is -2.58. The number of aromatic nitrogens is 2. The summed E-state index contributed by atoms with van der Waals surface area (Å²) < 4.78 is 22.5. The Bertz CT molecular complexity index is 936. The number of anilines is 2. The smallest absolute Gasteiger partial charge is 0.238 e. The summed E-state index contributed by atoms with van der Waals surface area (Å²) in [6, 6.07) is 16.2. The third-order valence-electron chi connectivity index (χ3n) is 3.35. The van der Waals surface area contributed by atoms with E-state index in [1.807, 2.05) is 32.1 Å². The quantitative estimate of drug-likeness (QED) is 0.615. The fourth-order valence-corrected chi connectivity index (χ4v) is 2.74. The number of nitrogens with two attached hydrogens (primary N) is 1. The van der Waals surface area contributed by atoms with E-state index >= 15 is 0 Å². The molecule has 1 heterocycles. The summed E-state index contributed by atoms with van der Waals surface area (Å²) in [5, 5.41) is 15.4. The van der Waals surface area contributed by atoms with E-state index in [4.69, 9.17) is 5.14 Å². The van der Waals surface area contributed by atoms with Gasteiger partial charge in [-0.2, -0.15) is 5.10 Å². The zero-order valence-corrected chi connectivity index (χ0v) is 13.3. The molecule has 0 radical (unpaired) electrons. The first-order valence-corrected chi connectivity index (χ1v) is 8.49. The number of nitrogens with one attached hydrogen (secondary N) is 2. The van der Waals surface area contributed by atoms with Gasteiger partial charge in [-0.25, -0.2) is 13.6 Å². The standard InChI is InChI=1S/C15H15BN4O2S/c16-11-3-1-2-10(8-11)14-9-15(20-19-14)18-12-4-6-13(7-5-12)23(17,21)22/h1-9H,16H2,(H2,17,21,22)(H2,18,19,20). The van der Waals surface area contributed by atoms with E-state index in [1.54, 1.807) is 12.1 Å². The minimum Gasteiger partial charge on any atom is -0.341 e. The van der Waals surface area contributed by atoms with Crippen molar-refractivity contribution in [2.45, 2.75) is 4.90 Å². The lowest BCUT2D eigenvalue weighted by atomic mass is 9.94. The Kier molecular flexibility index (Phi) is 3.93. The molecule has 2 aromatic carbocycles. The predicted molar refractivity (Wildman–Crippen MR) is 93.3 cm³/mol. The summed E-state index contributed by atoms with van der Waals surface area (Å²) >= 11 is 0. The van der Waals surface area contributed by atoms with Gasteiger partial charge in [0.15, 0.2) is 0 Å². The Morgan fingerprint density at radius 1 is 1.09 bits per heavy atom. The first kappa shape index (κ1) is 15.3. The number of aromatic amines is 1. The second kappa shape index (κ2) is 5.90. The molecule has 3 rings (SSSR count). The van der Waals surface area contributed by atoms with Gasteiger partial charge in [0.25, 0.3) is 0 Å². The Labute approximate surface area is 135 Å². The van der Waals surface area contributed by atoms with Crippen molar-refractivity contribution in [2.75, 3.05) is 5.32 Å². The second-order valence-corrected chi connectivity index (χ2v) is 6.79. The van der Waals surface area contributed by atoms with Gasteiger partial charge in [0.2, 0.25) is 10.0 Å². The van der Waals surface area contributed by atoms with Crippen LogP contribution in [0.15, 0.2) is 59.5 Å². The van der Waals surface area contributed by atoms with Crippen LogP contribution in [0.5, 0.6) is 0 Å². The highest BCUT2D eigenvalue weighted by Gasteiger charge is 2.08. The number of hydrogen-bond donors (Lipinski definition) is 3. The third kappa shape index (κ3) is 3.61. The van der Waals surface area contributed by atoms with E-state index < -0.39 is 10.0 Å². The molecule has 0 bridgehead atoms. The topological polar surface area (TPSA) is 101 Å². The van der Waals surface area contributed by atoms with Crippen LogP contribution in [0.2, 0.25) is 0 Å². The largest absolute Gasteiger partial charge is 0.341 e. The number of sulfonamides is 1. The van der Waals surface area contributed by atoms with Gasteiger partial charge in [0.05, 0.1) is 10.6 Å². The summed E-state index contributed by atoms with van der Waals surface area (Å²) in [5.74, 6) is 0.713. The van der Waals surface area contributed by atoms with Crippen molar-refractivity contribution in [1.29, 1.82) is 0 Å². The molecule has 0 unspecified atom stereocenters. The minimum absolute atomic E-state index is 0.0770. The molecule has 0 aliphatic heterocycles. The van der Waals surface area contributed by atoms with E-state index in [-0.39, 0.29) is 4.90 Å². The second-order valence-electron chi connectivity index (χ2n) is 5.23. The Morgan fingerprint density at radius 3 is 2.48 bits per heavy atom. The SMILES string of the molecule is Bc1cccc(-c2cc(Nc3ccc(S(N)(=O)=O)cc3)[nH]n2)c1. The van der Waals surface area contributed by atoms with Crippen LogP contribution in [0.25, 0.3) is 11.3 Å². The van der Waals surface area contributed by atoms with Crippen molar-refractivity contribution < 1.29 is 8.42 Å². The van der Waals surface area contributed by atoms with Gasteiger partial charge in [-0.15, -0.1) is 0 Å². The Morgan fingerprint density at radius 2 is 1.83 bits per heavy atom. The van der Waals surface area contributed by atoms with Gasteiger partial charge in [-0.05, 0) is 24.3 Å². The third-order valence-corrected chi connectivity index (χ3v) is 4.28. The number of H-pyrrole nitrogens is 1. The van der Waals surface area contributed by atoms with Crippen LogP contribution in [-0.2, 0) is 10.0 Å². The molecule has 4 N–H and O–H groups in total. The Balaban J connectivity index is 1.79. The van der Waals surface area contributed by atoms with Crippen molar-refractivity contribution in [3.8, 4) is 11.3 Å². The summed E-state index contributed by atoms with van der Waals surface area (Å²) in [5.41, 5.74) is 3.76. The van der Waals surface area contributed by atoms with E-state index in [1.165, 1.54) is 17.6 Å². The van der Waals surface area contributed by atoms with E-state index in [0.29, 0.717) is 5.82 Å². The van der Waals surface area contributed by atoms with Crippen molar-refractivity contribution in [3.05, 3.63) is 54.6 Å². The lowest BCUT2D eigenvalue weighted by Gasteiger charge is -2.04. The van der Waals surface area contributed by atoms with E-state index in [0.717, 1.165) is 16.9 Å². The molecule has 0 aliphatic carbocycles. The minimum atomic E-state index is -3.68. The number of primary sulfonamides is 1. The van der Waals surface area contributed by atoms with Gasteiger partial charge in [-0.3, -0.25) is 5.10 Å². The average molecular weight is 326 g/mol. The average Bonchev–Trinajstić information content (AvgIpc) is 2.95. The highest BCUT2D eigenvalue weighted by Crippen LogP contribution is 2.22. The summed E-state index contributed by atoms with van der Waals surface area (Å²) in [6.07, 6.45) is 0. The monoisotopic (exact) mass is 326 g/mol. The van der Waals surface area contributed by atoms with Gasteiger partial charge in [-0.1, -0.05) is 29.7 Å². The van der Waals surface area contributed by atoms with Crippen molar-refractivity contribution in [3.63, 3.8) is 0 Å². The molecule has 6 nitrogen and oxygen atoms in total. The van der Waals surface area contributed by atoms with E-state index in [2.05, 4.69) is 21.6 Å². The van der Waals surface area contributed by atoms with E-state index in [9.17, 15) is 8.42 Å². The molecule has 0 saturated carbocycles. The fourth-order valence-electron chi connectivity index (χ4n) is 2.22. The molecular formula is C15H15BN4O2S. The maximum absolute atomic E-state index is 11.2. The molecule has 0 aliphatic rings. The fraction of sp³-hybridized carbons (Fsp3) is 0. The molecule has 8 heteroatoms. The normalized spacial score (nSPS) is 11.3. The number of hydrogen-bond acceptors (Lipinski definition) is 4. The molecule has 1 aromatic heterocycles. The molecular weight excluding hydrogens is 311 g/mol. The van der Waals surface area contributed by atoms with Gasteiger partial charge in [0.1, 0.15) is 13.7 Å². The number of nitrogens with zero attached hydrogens (tertiary/aromatic N) is 1. The molecule has 0 amide bonds. The molecule has 0 atom stereocenters. The van der Waals surface area contributed by atoms with Crippen molar-refractivity contribution >= 4 is 34.8 Å².